The van der Waals surface area contributed by atoms with Crippen molar-refractivity contribution in [1.29, 1.82) is 0 Å². The normalized spacial score (nSPS) is 31.4. The first-order valence-corrected chi connectivity index (χ1v) is 7.59. The van der Waals surface area contributed by atoms with Gasteiger partial charge in [-0.25, -0.2) is 4.79 Å². The van der Waals surface area contributed by atoms with Gasteiger partial charge in [0.2, 0.25) is 0 Å². The van der Waals surface area contributed by atoms with Gasteiger partial charge in [0.05, 0.1) is 12.6 Å². The Balaban J connectivity index is 1.83. The zero-order chi connectivity index (χ0) is 14.8. The van der Waals surface area contributed by atoms with Crippen LogP contribution in [0.25, 0.3) is 0 Å². The molecule has 5 nitrogen and oxygen atoms in total. The Hall–Kier alpha value is -0.810. The molecule has 5 heteroatoms. The molecule has 2 aliphatic heterocycles. The molecule has 3 atom stereocenters. The van der Waals surface area contributed by atoms with Gasteiger partial charge in [-0.2, -0.15) is 0 Å². The minimum Gasteiger partial charge on any atom is -0.444 e. The van der Waals surface area contributed by atoms with Gasteiger partial charge in [-0.05, 0) is 46.0 Å². The van der Waals surface area contributed by atoms with Gasteiger partial charge in [-0.3, -0.25) is 0 Å². The van der Waals surface area contributed by atoms with E-state index in [2.05, 4.69) is 0 Å². The molecule has 0 saturated carbocycles. The number of hydrogen-bond donors (Lipinski definition) is 1. The van der Waals surface area contributed by atoms with Gasteiger partial charge in [-0.1, -0.05) is 0 Å². The van der Waals surface area contributed by atoms with Gasteiger partial charge in [0.15, 0.2) is 0 Å². The van der Waals surface area contributed by atoms with Crippen LogP contribution in [0.5, 0.6) is 0 Å². The maximum Gasteiger partial charge on any atom is 0.410 e. The van der Waals surface area contributed by atoms with Crippen molar-refractivity contribution in [3.8, 4) is 0 Å². The van der Waals surface area contributed by atoms with Crippen LogP contribution in [-0.4, -0.2) is 54.1 Å². The van der Waals surface area contributed by atoms with Gasteiger partial charge in [0.1, 0.15) is 5.60 Å². The van der Waals surface area contributed by atoms with Crippen molar-refractivity contribution in [3.05, 3.63) is 0 Å². The van der Waals surface area contributed by atoms with Crippen molar-refractivity contribution in [1.82, 2.24) is 4.90 Å². The quantitative estimate of drug-likeness (QED) is 0.843. The number of amides is 1. The fourth-order valence-electron chi connectivity index (χ4n) is 2.98. The molecule has 116 valence electrons. The third-order valence-electron chi connectivity index (χ3n) is 3.95. The number of carbonyl (C=O) groups is 1. The standard InChI is InChI=1S/C15H27NO4/c1-15(2,3)20-14(18)16-8-12(13(17)9-16)7-11-5-4-6-19-10-11/h11-13,17H,4-10H2,1-3H3/t11?,12-,13-/m1/s1. The summed E-state index contributed by atoms with van der Waals surface area (Å²) < 4.78 is 10.8. The first-order chi connectivity index (χ1) is 9.35. The molecule has 2 saturated heterocycles. The number of aliphatic hydroxyl groups excluding tert-OH is 1. The monoisotopic (exact) mass is 285 g/mol. The first-order valence-electron chi connectivity index (χ1n) is 7.59. The largest absolute Gasteiger partial charge is 0.444 e. The number of nitrogens with zero attached hydrogens (tertiary/aromatic N) is 1. The second kappa shape index (κ2) is 6.31. The number of β-amino-alcohol motifs (C(OH)–C–C–N with tert-alkyl or cyclic N) is 1. The third kappa shape index (κ3) is 4.35. The molecule has 2 aliphatic rings. The Kier molecular flexibility index (Phi) is 4.91. The molecule has 20 heavy (non-hydrogen) atoms. The highest BCUT2D eigenvalue weighted by Crippen LogP contribution is 2.29. The molecule has 1 N–H and O–H groups in total. The highest BCUT2D eigenvalue weighted by Gasteiger charge is 2.37. The van der Waals surface area contributed by atoms with E-state index in [1.54, 1.807) is 4.90 Å². The van der Waals surface area contributed by atoms with Gasteiger partial charge >= 0.3 is 6.09 Å². The maximum absolute atomic E-state index is 12.0. The molecule has 1 unspecified atom stereocenters. The topological polar surface area (TPSA) is 59.0 Å². The predicted octanol–water partition coefficient (Wildman–Crippen LogP) is 2.03. The van der Waals surface area contributed by atoms with Crippen LogP contribution in [0, 0.1) is 11.8 Å². The Morgan fingerprint density at radius 3 is 2.75 bits per heavy atom. The minimum absolute atomic E-state index is 0.147. The SMILES string of the molecule is CC(C)(C)OC(=O)N1C[C@@H](CC2CCCOC2)[C@H](O)C1. The molecule has 0 spiro atoms. The zero-order valence-electron chi connectivity index (χ0n) is 12.8. The van der Waals surface area contributed by atoms with Crippen LogP contribution in [0.1, 0.15) is 40.0 Å². The van der Waals surface area contributed by atoms with E-state index < -0.39 is 11.7 Å². The Bertz CT molecular complexity index is 333. The van der Waals surface area contributed by atoms with Crippen molar-refractivity contribution < 1.29 is 19.4 Å². The minimum atomic E-state index is -0.489. The van der Waals surface area contributed by atoms with E-state index in [-0.39, 0.29) is 12.0 Å². The lowest BCUT2D eigenvalue weighted by atomic mass is 9.89. The zero-order valence-corrected chi connectivity index (χ0v) is 12.8. The molecular weight excluding hydrogens is 258 g/mol. The molecule has 2 heterocycles. The van der Waals surface area contributed by atoms with E-state index in [0.717, 1.165) is 32.5 Å². The van der Waals surface area contributed by atoms with E-state index >= 15 is 0 Å². The van der Waals surface area contributed by atoms with Gasteiger partial charge in [0.25, 0.3) is 0 Å². The van der Waals surface area contributed by atoms with Crippen LogP contribution in [0.15, 0.2) is 0 Å². The van der Waals surface area contributed by atoms with Crippen molar-refractivity contribution in [3.63, 3.8) is 0 Å². The first kappa shape index (κ1) is 15.6. The summed E-state index contributed by atoms with van der Waals surface area (Å²) >= 11 is 0. The van der Waals surface area contributed by atoms with Crippen molar-refractivity contribution >= 4 is 6.09 Å². The number of likely N-dealkylation sites (tertiary alicyclic amines) is 1. The molecule has 1 amide bonds. The highest BCUT2D eigenvalue weighted by molar-refractivity contribution is 5.68. The maximum atomic E-state index is 12.0. The number of aliphatic hydroxyl groups is 1. The summed E-state index contributed by atoms with van der Waals surface area (Å²) in [4.78, 5) is 13.6. The van der Waals surface area contributed by atoms with Gasteiger partial charge in [0, 0.05) is 25.7 Å². The lowest BCUT2D eigenvalue weighted by molar-refractivity contribution is 0.0268. The van der Waals surface area contributed by atoms with Crippen molar-refractivity contribution in [2.45, 2.75) is 51.7 Å². The van der Waals surface area contributed by atoms with Gasteiger partial charge in [-0.15, -0.1) is 0 Å². The molecule has 2 rings (SSSR count). The second-order valence-electron chi connectivity index (χ2n) is 7.03. The van der Waals surface area contributed by atoms with Crippen LogP contribution in [0.3, 0.4) is 0 Å². The average molecular weight is 285 g/mol. The Labute approximate surface area is 121 Å². The molecule has 0 aliphatic carbocycles. The molecule has 0 aromatic heterocycles. The number of carbonyl (C=O) groups excluding carboxylic acids is 1. The van der Waals surface area contributed by atoms with Gasteiger partial charge < -0.3 is 19.5 Å². The lowest BCUT2D eigenvalue weighted by Gasteiger charge is -2.26. The van der Waals surface area contributed by atoms with E-state index in [0.29, 0.717) is 19.0 Å². The molecule has 0 aromatic rings. The fourth-order valence-corrected chi connectivity index (χ4v) is 2.98. The summed E-state index contributed by atoms with van der Waals surface area (Å²) in [6, 6.07) is 0. The van der Waals surface area contributed by atoms with E-state index in [9.17, 15) is 9.90 Å². The van der Waals surface area contributed by atoms with Crippen LogP contribution in [0.2, 0.25) is 0 Å². The number of ether oxygens (including phenoxy) is 2. The number of rotatable bonds is 2. The van der Waals surface area contributed by atoms with Crippen LogP contribution < -0.4 is 0 Å². The second-order valence-corrected chi connectivity index (χ2v) is 7.03. The van der Waals surface area contributed by atoms with Crippen LogP contribution >= 0.6 is 0 Å². The van der Waals surface area contributed by atoms with E-state index in [1.807, 2.05) is 20.8 Å². The third-order valence-corrected chi connectivity index (χ3v) is 3.95. The highest BCUT2D eigenvalue weighted by atomic mass is 16.6. The van der Waals surface area contributed by atoms with E-state index in [1.165, 1.54) is 0 Å². The Morgan fingerprint density at radius 1 is 1.40 bits per heavy atom. The summed E-state index contributed by atoms with van der Waals surface area (Å²) in [5, 5.41) is 10.1. The average Bonchev–Trinajstić information content (AvgIpc) is 2.70. The lowest BCUT2D eigenvalue weighted by Crippen LogP contribution is -2.35. The predicted molar refractivity (Wildman–Crippen MR) is 75.5 cm³/mol. The summed E-state index contributed by atoms with van der Waals surface area (Å²) in [5.74, 6) is 0.663. The summed E-state index contributed by atoms with van der Waals surface area (Å²) in [7, 11) is 0. The van der Waals surface area contributed by atoms with Crippen molar-refractivity contribution in [2.24, 2.45) is 11.8 Å². The molecule has 0 radical (unpaired) electrons. The van der Waals surface area contributed by atoms with Crippen LogP contribution in [-0.2, 0) is 9.47 Å². The summed E-state index contributed by atoms with van der Waals surface area (Å²) in [6.07, 6.45) is 2.43. The molecular formula is C15H27NO4. The fraction of sp³-hybridized carbons (Fsp3) is 0.933. The molecule has 0 bridgehead atoms. The number of hydrogen-bond acceptors (Lipinski definition) is 4. The summed E-state index contributed by atoms with van der Waals surface area (Å²) in [5.41, 5.74) is -0.489. The van der Waals surface area contributed by atoms with Crippen LogP contribution in [0.4, 0.5) is 4.79 Å². The molecule has 2 fully saturated rings. The van der Waals surface area contributed by atoms with Crippen molar-refractivity contribution in [2.75, 3.05) is 26.3 Å². The smallest absolute Gasteiger partial charge is 0.410 e. The Morgan fingerprint density at radius 2 is 2.15 bits per heavy atom. The summed E-state index contributed by atoms with van der Waals surface area (Å²) in [6.45, 7) is 8.18. The molecule has 0 aromatic carbocycles. The van der Waals surface area contributed by atoms with E-state index in [4.69, 9.17) is 9.47 Å².